The van der Waals surface area contributed by atoms with Crippen LogP contribution in [0.25, 0.3) is 11.0 Å². The summed E-state index contributed by atoms with van der Waals surface area (Å²) in [5.74, 6) is 0.991. The van der Waals surface area contributed by atoms with E-state index >= 15 is 0 Å². The number of nitrogens with zero attached hydrogens (tertiary/aromatic N) is 4. The molecule has 12 nitrogen and oxygen atoms in total. The van der Waals surface area contributed by atoms with Crippen LogP contribution >= 0.6 is 0 Å². The van der Waals surface area contributed by atoms with Crippen LogP contribution < -0.4 is 20.7 Å². The number of imidazole rings is 1. The fraction of sp³-hybridized carbons (Fsp3) is 0.323. The lowest BCUT2D eigenvalue weighted by atomic mass is 10.1. The van der Waals surface area contributed by atoms with Crippen molar-refractivity contribution in [1.82, 2.24) is 19.9 Å². The predicted molar refractivity (Wildman–Crippen MR) is 160 cm³/mol. The Hall–Kier alpha value is -4.97. The van der Waals surface area contributed by atoms with Gasteiger partial charge in [-0.25, -0.2) is 14.8 Å². The molecule has 0 fully saturated rings. The summed E-state index contributed by atoms with van der Waals surface area (Å²) in [4.78, 5) is 47.9. The number of hydrogen-bond donors (Lipinski definition) is 2. The number of carbonyl (C=O) groups is 3. The van der Waals surface area contributed by atoms with Gasteiger partial charge in [0.05, 0.1) is 30.7 Å². The third-order valence-corrected chi connectivity index (χ3v) is 6.64. The number of alkyl carbamates (subject to hydrolysis) is 1. The molecule has 0 saturated heterocycles. The minimum absolute atomic E-state index is 0.0375. The maximum atomic E-state index is 13.6. The Morgan fingerprint density at radius 1 is 1.02 bits per heavy atom. The molecular weight excluding hydrogens is 552 g/mol. The monoisotopic (exact) mass is 588 g/mol. The highest BCUT2D eigenvalue weighted by atomic mass is 16.5. The van der Waals surface area contributed by atoms with Gasteiger partial charge in [-0.1, -0.05) is 18.2 Å². The molecular formula is C31H36N6O6. The van der Waals surface area contributed by atoms with Gasteiger partial charge in [-0.15, -0.1) is 0 Å². The summed E-state index contributed by atoms with van der Waals surface area (Å²) >= 11 is 0. The molecule has 226 valence electrons. The number of hydrogen-bond acceptors (Lipinski definition) is 9. The van der Waals surface area contributed by atoms with Gasteiger partial charge in [0.2, 0.25) is 0 Å². The van der Waals surface area contributed by atoms with Crippen LogP contribution in [-0.4, -0.2) is 52.3 Å². The molecule has 2 atom stereocenters. The van der Waals surface area contributed by atoms with Crippen LogP contribution in [0, 0.1) is 0 Å². The Balaban J connectivity index is 1.50. The van der Waals surface area contributed by atoms with E-state index in [0.29, 0.717) is 34.0 Å². The van der Waals surface area contributed by atoms with Crippen molar-refractivity contribution in [1.29, 1.82) is 0 Å². The van der Waals surface area contributed by atoms with Crippen LogP contribution in [0.1, 0.15) is 61.2 Å². The molecule has 2 aromatic heterocycles. The summed E-state index contributed by atoms with van der Waals surface area (Å²) in [5, 5.41) is 2.56. The second kappa shape index (κ2) is 14.3. The zero-order valence-electron chi connectivity index (χ0n) is 24.6. The molecule has 12 heteroatoms. The normalized spacial score (nSPS) is 12.3. The van der Waals surface area contributed by atoms with E-state index in [-0.39, 0.29) is 38.1 Å². The van der Waals surface area contributed by atoms with Crippen molar-refractivity contribution in [2.75, 3.05) is 24.7 Å². The number of ether oxygens (including phenoxy) is 3. The molecule has 4 rings (SSSR count). The number of pyridine rings is 1. The van der Waals surface area contributed by atoms with Crippen molar-refractivity contribution in [3.8, 4) is 5.75 Å². The highest BCUT2D eigenvalue weighted by Gasteiger charge is 2.23. The predicted octanol–water partition coefficient (Wildman–Crippen LogP) is 4.41. The molecule has 0 aliphatic rings. The molecule has 43 heavy (non-hydrogen) atoms. The topological polar surface area (TPSA) is 151 Å². The number of rotatable bonds is 12. The van der Waals surface area contributed by atoms with Gasteiger partial charge >= 0.3 is 12.1 Å². The van der Waals surface area contributed by atoms with E-state index in [4.69, 9.17) is 24.9 Å². The molecule has 0 bridgehead atoms. The van der Waals surface area contributed by atoms with Crippen molar-refractivity contribution >= 4 is 34.8 Å². The number of amides is 2. The van der Waals surface area contributed by atoms with Crippen molar-refractivity contribution in [3.05, 3.63) is 83.8 Å². The quantitative estimate of drug-likeness (QED) is 0.181. The van der Waals surface area contributed by atoms with Gasteiger partial charge in [-0.2, -0.15) is 0 Å². The first-order chi connectivity index (χ1) is 20.7. The van der Waals surface area contributed by atoms with Crippen LogP contribution in [0.5, 0.6) is 5.75 Å². The third-order valence-electron chi connectivity index (χ3n) is 6.64. The third kappa shape index (κ3) is 7.66. The first kappa shape index (κ1) is 31.0. The number of nitrogens with one attached hydrogen (secondary N) is 1. The van der Waals surface area contributed by atoms with Gasteiger partial charge in [0, 0.05) is 25.4 Å². The summed E-state index contributed by atoms with van der Waals surface area (Å²) in [6.45, 7) is 5.98. The highest BCUT2D eigenvalue weighted by Crippen LogP contribution is 2.26. The van der Waals surface area contributed by atoms with Crippen LogP contribution in [0.3, 0.4) is 0 Å². The minimum atomic E-state index is -0.721. The Morgan fingerprint density at radius 2 is 1.77 bits per heavy atom. The number of benzene rings is 2. The lowest BCUT2D eigenvalue weighted by Crippen LogP contribution is -2.34. The number of esters is 1. The zero-order chi connectivity index (χ0) is 30.9. The number of carbonyl (C=O) groups excluding carboxylic acids is 3. The Labute approximate surface area is 249 Å². The Bertz CT molecular complexity index is 1560. The SMILES string of the molecule is CCOC(=O)CCN(C(=O)c1ccc2c(c1)nc(C(C)Oc1ccc(C(N)NC(=O)OCC)cc1)n2C)c1ccccn1. The molecule has 3 N–H and O–H groups in total. The van der Waals surface area contributed by atoms with Crippen LogP contribution in [0.2, 0.25) is 0 Å². The smallest absolute Gasteiger partial charge is 0.408 e. The van der Waals surface area contributed by atoms with E-state index in [9.17, 15) is 14.4 Å². The maximum absolute atomic E-state index is 13.6. The molecule has 0 aliphatic heterocycles. The second-order valence-electron chi connectivity index (χ2n) is 9.60. The van der Waals surface area contributed by atoms with E-state index in [1.165, 1.54) is 4.90 Å². The summed E-state index contributed by atoms with van der Waals surface area (Å²) < 4.78 is 18.0. The van der Waals surface area contributed by atoms with Crippen molar-refractivity contribution < 1.29 is 28.6 Å². The van der Waals surface area contributed by atoms with E-state index < -0.39 is 18.4 Å². The minimum Gasteiger partial charge on any atom is -0.483 e. The fourth-order valence-corrected chi connectivity index (χ4v) is 4.53. The number of anilines is 1. The molecule has 0 aliphatic carbocycles. The number of fused-ring (bicyclic) bond motifs is 1. The average Bonchev–Trinajstić information content (AvgIpc) is 3.34. The molecule has 0 radical (unpaired) electrons. The van der Waals surface area contributed by atoms with E-state index in [2.05, 4.69) is 10.3 Å². The van der Waals surface area contributed by atoms with Gasteiger partial charge in [0.15, 0.2) is 11.9 Å². The lowest BCUT2D eigenvalue weighted by Gasteiger charge is -2.21. The van der Waals surface area contributed by atoms with Gasteiger partial charge in [0.25, 0.3) is 5.91 Å². The number of nitrogens with two attached hydrogens (primary N) is 1. The molecule has 4 aromatic rings. The molecule has 2 unspecified atom stereocenters. The summed E-state index contributed by atoms with van der Waals surface area (Å²) in [6.07, 6.45) is -0.102. The summed E-state index contributed by atoms with van der Waals surface area (Å²) in [6, 6.07) is 17.6. The van der Waals surface area contributed by atoms with E-state index in [1.54, 1.807) is 74.6 Å². The van der Waals surface area contributed by atoms with E-state index in [1.807, 2.05) is 24.6 Å². The van der Waals surface area contributed by atoms with Gasteiger partial charge in [0.1, 0.15) is 17.7 Å². The molecule has 2 heterocycles. The molecule has 0 spiro atoms. The van der Waals surface area contributed by atoms with Crippen molar-refractivity contribution in [3.63, 3.8) is 0 Å². The second-order valence-corrected chi connectivity index (χ2v) is 9.60. The van der Waals surface area contributed by atoms with Crippen LogP contribution in [0.15, 0.2) is 66.9 Å². The number of aromatic nitrogens is 3. The molecule has 2 amide bonds. The standard InChI is InChI=1S/C31H36N6O6/c1-5-41-27(38)16-18-37(26-9-7-8-17-33-26)30(39)22-12-15-25-24(19-22)34-29(36(25)4)20(3)43-23-13-10-21(11-14-23)28(32)35-31(40)42-6-2/h7-15,17,19-20,28H,5-6,16,18,32H2,1-4H3,(H,35,40). The van der Waals surface area contributed by atoms with Gasteiger partial charge in [-0.05, 0) is 68.8 Å². The largest absolute Gasteiger partial charge is 0.483 e. The summed E-state index contributed by atoms with van der Waals surface area (Å²) in [7, 11) is 1.88. The van der Waals surface area contributed by atoms with Gasteiger partial charge < -0.3 is 29.8 Å². The zero-order valence-corrected chi connectivity index (χ0v) is 24.6. The first-order valence-corrected chi connectivity index (χ1v) is 14.0. The van der Waals surface area contributed by atoms with Crippen LogP contribution in [-0.2, 0) is 21.3 Å². The van der Waals surface area contributed by atoms with Gasteiger partial charge in [-0.3, -0.25) is 14.5 Å². The maximum Gasteiger partial charge on any atom is 0.408 e. The number of aryl methyl sites for hydroxylation is 1. The molecule has 0 saturated carbocycles. The van der Waals surface area contributed by atoms with Crippen LogP contribution in [0.4, 0.5) is 10.6 Å². The Kier molecular flexibility index (Phi) is 10.3. The average molecular weight is 589 g/mol. The lowest BCUT2D eigenvalue weighted by molar-refractivity contribution is -0.142. The van der Waals surface area contributed by atoms with Crippen molar-refractivity contribution in [2.24, 2.45) is 12.8 Å². The van der Waals surface area contributed by atoms with E-state index in [0.717, 1.165) is 5.52 Å². The van der Waals surface area contributed by atoms with Crippen molar-refractivity contribution in [2.45, 2.75) is 39.5 Å². The first-order valence-electron chi connectivity index (χ1n) is 14.0. The summed E-state index contributed by atoms with van der Waals surface area (Å²) in [5.41, 5.74) is 8.58. The Morgan fingerprint density at radius 3 is 2.44 bits per heavy atom. The fourth-order valence-electron chi connectivity index (χ4n) is 4.53. The molecule has 2 aromatic carbocycles. The highest BCUT2D eigenvalue weighted by molar-refractivity contribution is 6.07.